The Kier molecular flexibility index (Phi) is 4.55. The second kappa shape index (κ2) is 7.16. The molecule has 0 saturated heterocycles. The summed E-state index contributed by atoms with van der Waals surface area (Å²) in [5.74, 6) is 0.782. The van der Waals surface area contributed by atoms with Gasteiger partial charge in [-0.3, -0.25) is 9.69 Å². The van der Waals surface area contributed by atoms with E-state index in [1.807, 2.05) is 60.4 Å². The molecule has 0 fully saturated rings. The molecular weight excluding hydrogens is 336 g/mol. The fraction of sp³-hybridized carbons (Fsp3) is 0.174. The molecule has 1 amide bonds. The third kappa shape index (κ3) is 3.26. The molecule has 0 bridgehead atoms. The monoisotopic (exact) mass is 358 g/mol. The van der Waals surface area contributed by atoms with Gasteiger partial charge >= 0.3 is 0 Å². The molecule has 0 aliphatic carbocycles. The SMILES string of the molecule is CCOc1ccc(N2C(=O)c3ccccc3N[C@@H]2c2ccc(C)cc2)cc1. The summed E-state index contributed by atoms with van der Waals surface area (Å²) in [6.45, 7) is 4.63. The molecule has 1 aliphatic heterocycles. The van der Waals surface area contributed by atoms with Crippen LogP contribution in [0.3, 0.4) is 0 Å². The van der Waals surface area contributed by atoms with Crippen molar-refractivity contribution in [3.05, 3.63) is 89.5 Å². The van der Waals surface area contributed by atoms with Gasteiger partial charge in [0.2, 0.25) is 0 Å². The third-order valence-electron chi connectivity index (χ3n) is 4.75. The van der Waals surface area contributed by atoms with E-state index in [0.29, 0.717) is 12.2 Å². The van der Waals surface area contributed by atoms with E-state index in [-0.39, 0.29) is 12.1 Å². The molecule has 0 radical (unpaired) electrons. The number of benzene rings is 3. The van der Waals surface area contributed by atoms with Gasteiger partial charge in [-0.15, -0.1) is 0 Å². The van der Waals surface area contributed by atoms with Crippen LogP contribution in [-0.4, -0.2) is 12.5 Å². The van der Waals surface area contributed by atoms with Crippen LogP contribution >= 0.6 is 0 Å². The summed E-state index contributed by atoms with van der Waals surface area (Å²) in [4.78, 5) is 15.1. The van der Waals surface area contributed by atoms with Crippen LogP contribution in [-0.2, 0) is 0 Å². The molecule has 136 valence electrons. The lowest BCUT2D eigenvalue weighted by atomic mass is 10.0. The maximum Gasteiger partial charge on any atom is 0.262 e. The molecule has 4 rings (SSSR count). The average molecular weight is 358 g/mol. The van der Waals surface area contributed by atoms with Gasteiger partial charge in [-0.2, -0.15) is 0 Å². The summed E-state index contributed by atoms with van der Waals surface area (Å²) in [7, 11) is 0. The van der Waals surface area contributed by atoms with Crippen molar-refractivity contribution in [3.63, 3.8) is 0 Å². The minimum absolute atomic E-state index is 0.0147. The summed E-state index contributed by atoms with van der Waals surface area (Å²) in [6, 6.07) is 23.6. The highest BCUT2D eigenvalue weighted by Gasteiger charge is 2.33. The van der Waals surface area contributed by atoms with Gasteiger partial charge in [0.05, 0.1) is 12.2 Å². The molecule has 0 saturated carbocycles. The first-order chi connectivity index (χ1) is 13.2. The first-order valence-electron chi connectivity index (χ1n) is 9.16. The highest BCUT2D eigenvalue weighted by Crippen LogP contribution is 2.37. The highest BCUT2D eigenvalue weighted by atomic mass is 16.5. The maximum atomic E-state index is 13.3. The van der Waals surface area contributed by atoms with E-state index < -0.39 is 0 Å². The molecule has 1 atom stereocenters. The van der Waals surface area contributed by atoms with Gasteiger partial charge in [0, 0.05) is 11.4 Å². The Balaban J connectivity index is 1.79. The minimum Gasteiger partial charge on any atom is -0.494 e. The summed E-state index contributed by atoms with van der Waals surface area (Å²) in [5.41, 5.74) is 4.59. The van der Waals surface area contributed by atoms with Gasteiger partial charge in [0.25, 0.3) is 5.91 Å². The van der Waals surface area contributed by atoms with Crippen LogP contribution in [0.4, 0.5) is 11.4 Å². The fourth-order valence-corrected chi connectivity index (χ4v) is 3.37. The van der Waals surface area contributed by atoms with Crippen molar-refractivity contribution in [2.24, 2.45) is 0 Å². The van der Waals surface area contributed by atoms with Gasteiger partial charge in [-0.05, 0) is 55.8 Å². The maximum absolute atomic E-state index is 13.3. The first-order valence-corrected chi connectivity index (χ1v) is 9.16. The van der Waals surface area contributed by atoms with Gasteiger partial charge < -0.3 is 10.1 Å². The van der Waals surface area contributed by atoms with Gasteiger partial charge in [0.15, 0.2) is 0 Å². The Morgan fingerprint density at radius 2 is 1.67 bits per heavy atom. The Morgan fingerprint density at radius 1 is 0.963 bits per heavy atom. The van der Waals surface area contributed by atoms with Crippen LogP contribution in [0.15, 0.2) is 72.8 Å². The Morgan fingerprint density at radius 3 is 2.37 bits per heavy atom. The summed E-state index contributed by atoms with van der Waals surface area (Å²) >= 11 is 0. The number of fused-ring (bicyclic) bond motifs is 1. The van der Waals surface area contributed by atoms with Crippen molar-refractivity contribution in [1.29, 1.82) is 0 Å². The lowest BCUT2D eigenvalue weighted by molar-refractivity contribution is 0.0975. The van der Waals surface area contributed by atoms with Crippen LogP contribution in [0.2, 0.25) is 0 Å². The summed E-state index contributed by atoms with van der Waals surface area (Å²) in [5, 5.41) is 3.53. The Labute approximate surface area is 159 Å². The second-order valence-corrected chi connectivity index (χ2v) is 6.61. The molecule has 4 nitrogen and oxygen atoms in total. The van der Waals surface area contributed by atoms with Crippen LogP contribution in [0.1, 0.15) is 34.6 Å². The van der Waals surface area contributed by atoms with E-state index in [1.165, 1.54) is 5.56 Å². The number of rotatable bonds is 4. The number of carbonyl (C=O) groups excluding carboxylic acids is 1. The number of nitrogens with one attached hydrogen (secondary N) is 1. The van der Waals surface area contributed by atoms with E-state index >= 15 is 0 Å². The van der Waals surface area contributed by atoms with Crippen LogP contribution in [0, 0.1) is 6.92 Å². The standard InChI is InChI=1S/C23H22N2O2/c1-3-27-19-14-12-18(13-15-19)25-22(17-10-8-16(2)9-11-17)24-21-7-5-4-6-20(21)23(25)26/h4-15,22,24H,3H2,1-2H3/t22-/m0/s1. The normalized spacial score (nSPS) is 15.9. The largest absolute Gasteiger partial charge is 0.494 e. The molecule has 0 unspecified atom stereocenters. The van der Waals surface area contributed by atoms with E-state index in [9.17, 15) is 4.79 Å². The predicted octanol–water partition coefficient (Wildman–Crippen LogP) is 5.16. The first kappa shape index (κ1) is 17.2. The topological polar surface area (TPSA) is 41.6 Å². The van der Waals surface area contributed by atoms with Crippen molar-refractivity contribution in [3.8, 4) is 5.75 Å². The summed E-state index contributed by atoms with van der Waals surface area (Å²) < 4.78 is 5.54. The molecule has 1 aliphatic rings. The van der Waals surface area contributed by atoms with Crippen molar-refractivity contribution in [1.82, 2.24) is 0 Å². The Bertz CT molecular complexity index is 949. The molecule has 0 aromatic heterocycles. The van der Waals surface area contributed by atoms with E-state index in [2.05, 4.69) is 36.5 Å². The van der Waals surface area contributed by atoms with E-state index in [4.69, 9.17) is 4.74 Å². The number of aryl methyl sites for hydroxylation is 1. The van der Waals surface area contributed by atoms with Gasteiger partial charge in [-0.1, -0.05) is 42.0 Å². The fourth-order valence-electron chi connectivity index (χ4n) is 3.37. The number of amides is 1. The summed E-state index contributed by atoms with van der Waals surface area (Å²) in [6.07, 6.45) is -0.272. The smallest absolute Gasteiger partial charge is 0.262 e. The van der Waals surface area contributed by atoms with Crippen molar-refractivity contribution in [2.75, 3.05) is 16.8 Å². The molecule has 3 aromatic rings. The number of ether oxygens (including phenoxy) is 1. The molecular formula is C23H22N2O2. The van der Waals surface area contributed by atoms with Gasteiger partial charge in [-0.25, -0.2) is 0 Å². The number of carbonyl (C=O) groups is 1. The molecule has 3 aromatic carbocycles. The number of nitrogens with zero attached hydrogens (tertiary/aromatic N) is 1. The predicted molar refractivity (Wildman–Crippen MR) is 108 cm³/mol. The van der Waals surface area contributed by atoms with Crippen molar-refractivity contribution < 1.29 is 9.53 Å². The minimum atomic E-state index is -0.272. The number of anilines is 2. The molecule has 4 heteroatoms. The zero-order valence-electron chi connectivity index (χ0n) is 15.5. The van der Waals surface area contributed by atoms with Crippen molar-refractivity contribution in [2.45, 2.75) is 20.0 Å². The van der Waals surface area contributed by atoms with E-state index in [0.717, 1.165) is 22.7 Å². The van der Waals surface area contributed by atoms with Crippen LogP contribution in [0.5, 0.6) is 5.75 Å². The lowest BCUT2D eigenvalue weighted by Crippen LogP contribution is -2.43. The molecule has 1 heterocycles. The molecule has 0 spiro atoms. The lowest BCUT2D eigenvalue weighted by Gasteiger charge is -2.38. The quantitative estimate of drug-likeness (QED) is 0.700. The highest BCUT2D eigenvalue weighted by molar-refractivity contribution is 6.12. The van der Waals surface area contributed by atoms with Gasteiger partial charge in [0.1, 0.15) is 11.9 Å². The number of hydrogen-bond donors (Lipinski definition) is 1. The third-order valence-corrected chi connectivity index (χ3v) is 4.75. The van der Waals surface area contributed by atoms with Crippen LogP contribution in [0.25, 0.3) is 0 Å². The Hall–Kier alpha value is -3.27. The van der Waals surface area contributed by atoms with Crippen LogP contribution < -0.4 is 15.0 Å². The average Bonchev–Trinajstić information content (AvgIpc) is 2.70. The zero-order valence-corrected chi connectivity index (χ0v) is 15.5. The van der Waals surface area contributed by atoms with Crippen molar-refractivity contribution >= 4 is 17.3 Å². The number of para-hydroxylation sites is 1. The molecule has 1 N–H and O–H groups in total. The molecule has 27 heavy (non-hydrogen) atoms. The van der Waals surface area contributed by atoms with E-state index in [1.54, 1.807) is 0 Å². The second-order valence-electron chi connectivity index (χ2n) is 6.61. The zero-order chi connectivity index (χ0) is 18.8. The number of hydrogen-bond acceptors (Lipinski definition) is 3.